The molecule has 0 aliphatic carbocycles. The van der Waals surface area contributed by atoms with Crippen LogP contribution in [0.25, 0.3) is 11.3 Å². The molecule has 0 radical (unpaired) electrons. The zero-order chi connectivity index (χ0) is 20.1. The Hall–Kier alpha value is -4.11. The van der Waals surface area contributed by atoms with Crippen molar-refractivity contribution in [1.82, 2.24) is 15.2 Å². The van der Waals surface area contributed by atoms with Gasteiger partial charge in [0.15, 0.2) is 5.75 Å². The first-order valence-electron chi connectivity index (χ1n) is 9.07. The van der Waals surface area contributed by atoms with E-state index in [9.17, 15) is 0 Å². The van der Waals surface area contributed by atoms with Crippen molar-refractivity contribution >= 4 is 0 Å². The molecule has 0 aliphatic rings. The van der Waals surface area contributed by atoms with Gasteiger partial charge in [0, 0.05) is 17.5 Å². The number of nitrogens with zero attached hydrogens (tertiary/aromatic N) is 3. The number of aryl methyl sites for hydroxylation is 1. The van der Waals surface area contributed by atoms with Crippen LogP contribution in [0.1, 0.15) is 16.8 Å². The van der Waals surface area contributed by atoms with Crippen LogP contribution in [0.3, 0.4) is 0 Å². The van der Waals surface area contributed by atoms with E-state index < -0.39 is 0 Å². The van der Waals surface area contributed by atoms with Crippen LogP contribution >= 0.6 is 0 Å². The first-order valence-corrected chi connectivity index (χ1v) is 9.07. The van der Waals surface area contributed by atoms with Crippen molar-refractivity contribution in [3.05, 3.63) is 89.9 Å². The smallest absolute Gasteiger partial charge is 0.172 e. The SMILES string of the molecule is Cc1cc(COc2cccc(-c3[nH]ncc3Oc3ccc(C#N)cc3)c2)ccn1. The molecule has 0 saturated heterocycles. The normalized spacial score (nSPS) is 10.3. The summed E-state index contributed by atoms with van der Waals surface area (Å²) in [4.78, 5) is 4.20. The third-order valence-electron chi connectivity index (χ3n) is 4.31. The van der Waals surface area contributed by atoms with Gasteiger partial charge in [-0.05, 0) is 61.0 Å². The van der Waals surface area contributed by atoms with Gasteiger partial charge in [-0.25, -0.2) is 0 Å². The van der Waals surface area contributed by atoms with Gasteiger partial charge in [0.25, 0.3) is 0 Å². The molecule has 1 N–H and O–H groups in total. The molecular formula is C23H18N4O2. The predicted octanol–water partition coefficient (Wildman–Crippen LogP) is 5.02. The Balaban J connectivity index is 1.51. The standard InChI is InChI=1S/C23H18N4O2/c1-16-11-18(9-10-25-16)15-28-21-4-2-3-19(12-21)23-22(14-26-27-23)29-20-7-5-17(13-24)6-8-20/h2-12,14H,15H2,1H3,(H,26,27). The zero-order valence-electron chi connectivity index (χ0n) is 15.8. The van der Waals surface area contributed by atoms with E-state index >= 15 is 0 Å². The monoisotopic (exact) mass is 382 g/mol. The van der Waals surface area contributed by atoms with Gasteiger partial charge in [0.05, 0.1) is 17.8 Å². The second-order valence-electron chi connectivity index (χ2n) is 6.47. The van der Waals surface area contributed by atoms with Crippen LogP contribution in [0.15, 0.2) is 73.1 Å². The summed E-state index contributed by atoms with van der Waals surface area (Å²) in [5.41, 5.74) is 4.25. The predicted molar refractivity (Wildman–Crippen MR) is 109 cm³/mol. The molecule has 2 aromatic carbocycles. The summed E-state index contributed by atoms with van der Waals surface area (Å²) >= 11 is 0. The van der Waals surface area contributed by atoms with E-state index in [0.717, 1.165) is 28.3 Å². The van der Waals surface area contributed by atoms with E-state index in [1.807, 2.05) is 43.3 Å². The molecule has 4 aromatic rings. The number of nitriles is 1. The molecule has 6 nitrogen and oxygen atoms in total. The first-order chi connectivity index (χ1) is 14.2. The largest absolute Gasteiger partial charge is 0.489 e. The Labute approximate surface area is 168 Å². The van der Waals surface area contributed by atoms with Gasteiger partial charge in [-0.2, -0.15) is 10.4 Å². The lowest BCUT2D eigenvalue weighted by Gasteiger charge is -2.09. The number of nitrogens with one attached hydrogen (secondary N) is 1. The van der Waals surface area contributed by atoms with Crippen LogP contribution in [0.4, 0.5) is 0 Å². The lowest BCUT2D eigenvalue weighted by molar-refractivity contribution is 0.306. The minimum atomic E-state index is 0.463. The van der Waals surface area contributed by atoms with E-state index in [4.69, 9.17) is 14.7 Å². The molecular weight excluding hydrogens is 364 g/mol. The minimum Gasteiger partial charge on any atom is -0.489 e. The second-order valence-corrected chi connectivity index (χ2v) is 6.47. The van der Waals surface area contributed by atoms with Crippen LogP contribution in [0.2, 0.25) is 0 Å². The van der Waals surface area contributed by atoms with Gasteiger partial charge in [-0.3, -0.25) is 10.1 Å². The molecule has 0 unspecified atom stereocenters. The van der Waals surface area contributed by atoms with Crippen LogP contribution in [0, 0.1) is 18.3 Å². The van der Waals surface area contributed by atoms with Crippen molar-refractivity contribution in [3.8, 4) is 34.6 Å². The average Bonchev–Trinajstić information content (AvgIpc) is 3.21. The maximum Gasteiger partial charge on any atom is 0.172 e. The fourth-order valence-corrected chi connectivity index (χ4v) is 2.89. The van der Waals surface area contributed by atoms with Crippen LogP contribution in [-0.4, -0.2) is 15.2 Å². The molecule has 4 rings (SSSR count). The van der Waals surface area contributed by atoms with Gasteiger partial charge < -0.3 is 9.47 Å². The number of H-pyrrole nitrogens is 1. The number of aromatic nitrogens is 3. The molecule has 0 bridgehead atoms. The van der Waals surface area contributed by atoms with Crippen molar-refractivity contribution in [1.29, 1.82) is 5.26 Å². The summed E-state index contributed by atoms with van der Waals surface area (Å²) in [5.74, 6) is 1.97. The number of rotatable bonds is 6. The fraction of sp³-hybridized carbons (Fsp3) is 0.0870. The maximum absolute atomic E-state index is 8.91. The highest BCUT2D eigenvalue weighted by atomic mass is 16.5. The molecule has 2 aromatic heterocycles. The summed E-state index contributed by atoms with van der Waals surface area (Å²) in [6.45, 7) is 2.42. The summed E-state index contributed by atoms with van der Waals surface area (Å²) in [6, 6.07) is 20.7. The lowest BCUT2D eigenvalue weighted by atomic mass is 10.1. The highest BCUT2D eigenvalue weighted by molar-refractivity contribution is 5.67. The van der Waals surface area contributed by atoms with E-state index in [2.05, 4.69) is 21.3 Å². The number of aromatic amines is 1. The number of pyridine rings is 1. The van der Waals surface area contributed by atoms with Gasteiger partial charge in [0.1, 0.15) is 23.8 Å². The van der Waals surface area contributed by atoms with Crippen LogP contribution < -0.4 is 9.47 Å². The number of ether oxygens (including phenoxy) is 2. The number of hydrogen-bond acceptors (Lipinski definition) is 5. The Morgan fingerprint density at radius 3 is 2.69 bits per heavy atom. The van der Waals surface area contributed by atoms with Crippen molar-refractivity contribution in [2.75, 3.05) is 0 Å². The van der Waals surface area contributed by atoms with Gasteiger partial charge >= 0.3 is 0 Å². The van der Waals surface area contributed by atoms with Crippen LogP contribution in [0.5, 0.6) is 17.2 Å². The molecule has 6 heteroatoms. The summed E-state index contributed by atoms with van der Waals surface area (Å²) in [7, 11) is 0. The Morgan fingerprint density at radius 2 is 1.90 bits per heavy atom. The summed E-state index contributed by atoms with van der Waals surface area (Å²) in [5, 5.41) is 16.0. The molecule has 29 heavy (non-hydrogen) atoms. The molecule has 0 saturated carbocycles. The second kappa shape index (κ2) is 8.28. The van der Waals surface area contributed by atoms with Gasteiger partial charge in [0.2, 0.25) is 0 Å². The topological polar surface area (TPSA) is 83.8 Å². The maximum atomic E-state index is 8.91. The minimum absolute atomic E-state index is 0.463. The molecule has 0 spiro atoms. The first kappa shape index (κ1) is 18.3. The molecule has 0 amide bonds. The highest BCUT2D eigenvalue weighted by Crippen LogP contribution is 2.33. The van der Waals surface area contributed by atoms with E-state index in [-0.39, 0.29) is 0 Å². The van der Waals surface area contributed by atoms with Crippen molar-refractivity contribution in [2.45, 2.75) is 13.5 Å². The Bertz CT molecular complexity index is 1160. The number of hydrogen-bond donors (Lipinski definition) is 1. The molecule has 0 atom stereocenters. The Kier molecular flexibility index (Phi) is 5.21. The third-order valence-corrected chi connectivity index (χ3v) is 4.31. The fourth-order valence-electron chi connectivity index (χ4n) is 2.89. The Morgan fingerprint density at radius 1 is 1.03 bits per heavy atom. The number of benzene rings is 2. The lowest BCUT2D eigenvalue weighted by Crippen LogP contribution is -1.97. The van der Waals surface area contributed by atoms with Crippen molar-refractivity contribution in [2.24, 2.45) is 0 Å². The van der Waals surface area contributed by atoms with E-state index in [1.54, 1.807) is 36.7 Å². The quantitative estimate of drug-likeness (QED) is 0.506. The van der Waals surface area contributed by atoms with Gasteiger partial charge in [-0.1, -0.05) is 12.1 Å². The van der Waals surface area contributed by atoms with Gasteiger partial charge in [-0.15, -0.1) is 0 Å². The van der Waals surface area contributed by atoms with Crippen molar-refractivity contribution in [3.63, 3.8) is 0 Å². The van der Waals surface area contributed by atoms with E-state index in [1.165, 1.54) is 0 Å². The molecule has 142 valence electrons. The third kappa shape index (κ3) is 4.42. The average molecular weight is 382 g/mol. The molecule has 0 fully saturated rings. The van der Waals surface area contributed by atoms with E-state index in [0.29, 0.717) is 23.7 Å². The summed E-state index contributed by atoms with van der Waals surface area (Å²) < 4.78 is 11.9. The summed E-state index contributed by atoms with van der Waals surface area (Å²) in [6.07, 6.45) is 3.41. The van der Waals surface area contributed by atoms with Crippen molar-refractivity contribution < 1.29 is 9.47 Å². The molecule has 2 heterocycles. The van der Waals surface area contributed by atoms with Crippen LogP contribution in [-0.2, 0) is 6.61 Å². The molecule has 0 aliphatic heterocycles. The highest BCUT2D eigenvalue weighted by Gasteiger charge is 2.11. The zero-order valence-corrected chi connectivity index (χ0v) is 15.8.